The van der Waals surface area contributed by atoms with Gasteiger partial charge in [0, 0.05) is 36.8 Å². The zero-order valence-corrected chi connectivity index (χ0v) is 13.9. The first-order valence-corrected chi connectivity index (χ1v) is 8.63. The number of rotatable bonds is 4. The smallest absolute Gasteiger partial charge is 0.175 e. The Hall–Kier alpha value is -1.82. The Bertz CT molecular complexity index is 776. The highest BCUT2D eigenvalue weighted by atomic mass is 32.2. The third-order valence-corrected chi connectivity index (χ3v) is 4.95. The third kappa shape index (κ3) is 3.26. The monoisotopic (exact) mass is 307 g/mol. The normalized spacial score (nSPS) is 11.7. The van der Waals surface area contributed by atoms with Gasteiger partial charge in [-0.3, -0.25) is 4.68 Å². The zero-order chi connectivity index (χ0) is 15.8. The zero-order valence-electron chi connectivity index (χ0n) is 13.1. The number of anilines is 1. The van der Waals surface area contributed by atoms with Crippen LogP contribution in [0.15, 0.2) is 23.1 Å². The van der Waals surface area contributed by atoms with Gasteiger partial charge in [0.15, 0.2) is 9.84 Å². The number of nitrogens with one attached hydrogen (secondary N) is 1. The molecule has 0 amide bonds. The van der Waals surface area contributed by atoms with Crippen LogP contribution in [0.2, 0.25) is 0 Å². The van der Waals surface area contributed by atoms with Crippen LogP contribution < -0.4 is 5.32 Å². The number of hydrogen-bond acceptors (Lipinski definition) is 4. The fraction of sp³-hybridized carbons (Fsp3) is 0.400. The number of aryl methyl sites for hydroxylation is 3. The highest BCUT2D eigenvalue weighted by Gasteiger charge is 2.12. The molecule has 1 heterocycles. The maximum absolute atomic E-state index is 11.8. The Morgan fingerprint density at radius 1 is 1.24 bits per heavy atom. The van der Waals surface area contributed by atoms with E-state index in [1.165, 1.54) is 6.26 Å². The molecule has 1 N–H and O–H groups in total. The Balaban J connectivity index is 2.25. The van der Waals surface area contributed by atoms with E-state index in [1.54, 1.807) is 13.0 Å². The van der Waals surface area contributed by atoms with Crippen molar-refractivity contribution >= 4 is 15.5 Å². The maximum Gasteiger partial charge on any atom is 0.175 e. The van der Waals surface area contributed by atoms with Gasteiger partial charge in [0.2, 0.25) is 0 Å². The van der Waals surface area contributed by atoms with Crippen LogP contribution in [-0.2, 0) is 23.4 Å². The summed E-state index contributed by atoms with van der Waals surface area (Å²) in [6, 6.07) is 5.40. The number of aromatic nitrogens is 2. The molecule has 0 radical (unpaired) electrons. The maximum atomic E-state index is 11.8. The molecule has 0 aliphatic rings. The summed E-state index contributed by atoms with van der Waals surface area (Å²) < 4.78 is 25.4. The standard InChI is InChI=1S/C15H21N3O2S/c1-10-6-7-13(8-15(10)21(5,19)20)16-9-14-11(2)17-18(4)12(14)3/h6-8,16H,9H2,1-5H3. The Morgan fingerprint density at radius 2 is 1.90 bits per heavy atom. The summed E-state index contributed by atoms with van der Waals surface area (Å²) >= 11 is 0. The van der Waals surface area contributed by atoms with Crippen molar-refractivity contribution in [3.63, 3.8) is 0 Å². The van der Waals surface area contributed by atoms with E-state index in [-0.39, 0.29) is 0 Å². The molecule has 0 bridgehead atoms. The van der Waals surface area contributed by atoms with Crippen LogP contribution in [0.1, 0.15) is 22.5 Å². The second-order valence-electron chi connectivity index (χ2n) is 5.38. The highest BCUT2D eigenvalue weighted by Crippen LogP contribution is 2.21. The average Bonchev–Trinajstić information content (AvgIpc) is 2.61. The molecule has 5 nitrogen and oxygen atoms in total. The van der Waals surface area contributed by atoms with Crippen LogP contribution >= 0.6 is 0 Å². The van der Waals surface area contributed by atoms with Gasteiger partial charge >= 0.3 is 0 Å². The van der Waals surface area contributed by atoms with Crippen LogP contribution in [-0.4, -0.2) is 24.5 Å². The molecular formula is C15H21N3O2S. The van der Waals surface area contributed by atoms with Crippen molar-refractivity contribution in [2.24, 2.45) is 7.05 Å². The molecule has 1 aromatic heterocycles. The van der Waals surface area contributed by atoms with Crippen LogP contribution in [0.25, 0.3) is 0 Å². The molecule has 0 fully saturated rings. The van der Waals surface area contributed by atoms with Gasteiger partial charge in [0.05, 0.1) is 10.6 Å². The van der Waals surface area contributed by atoms with E-state index in [2.05, 4.69) is 10.4 Å². The van der Waals surface area contributed by atoms with Crippen molar-refractivity contribution in [1.82, 2.24) is 9.78 Å². The molecule has 2 rings (SSSR count). The second kappa shape index (κ2) is 5.52. The first kappa shape index (κ1) is 15.6. The lowest BCUT2D eigenvalue weighted by molar-refractivity contribution is 0.601. The van der Waals surface area contributed by atoms with Crippen LogP contribution in [0.4, 0.5) is 5.69 Å². The number of hydrogen-bond donors (Lipinski definition) is 1. The molecule has 6 heteroatoms. The summed E-state index contributed by atoms with van der Waals surface area (Å²) in [6.45, 7) is 6.42. The molecular weight excluding hydrogens is 286 g/mol. The molecule has 0 atom stereocenters. The van der Waals surface area contributed by atoms with E-state index in [0.29, 0.717) is 11.4 Å². The summed E-state index contributed by atoms with van der Waals surface area (Å²) in [5.41, 5.74) is 4.79. The molecule has 2 aromatic rings. The molecule has 0 saturated heterocycles. The molecule has 0 saturated carbocycles. The fourth-order valence-electron chi connectivity index (χ4n) is 2.37. The van der Waals surface area contributed by atoms with E-state index in [0.717, 1.165) is 28.2 Å². The highest BCUT2D eigenvalue weighted by molar-refractivity contribution is 7.90. The molecule has 114 valence electrons. The summed E-state index contributed by atoms with van der Waals surface area (Å²) in [4.78, 5) is 0.368. The summed E-state index contributed by atoms with van der Waals surface area (Å²) in [6.07, 6.45) is 1.23. The van der Waals surface area contributed by atoms with Gasteiger partial charge in [-0.05, 0) is 38.5 Å². The van der Waals surface area contributed by atoms with Gasteiger partial charge < -0.3 is 5.32 Å². The summed E-state index contributed by atoms with van der Waals surface area (Å²) in [5.74, 6) is 0. The lowest BCUT2D eigenvalue weighted by Crippen LogP contribution is -2.05. The van der Waals surface area contributed by atoms with Gasteiger partial charge in [-0.25, -0.2) is 8.42 Å². The van der Waals surface area contributed by atoms with Gasteiger partial charge in [-0.1, -0.05) is 6.07 Å². The minimum atomic E-state index is -3.21. The van der Waals surface area contributed by atoms with E-state index in [1.807, 2.05) is 37.7 Å². The van der Waals surface area contributed by atoms with E-state index in [9.17, 15) is 8.42 Å². The van der Waals surface area contributed by atoms with Crippen molar-refractivity contribution in [2.45, 2.75) is 32.2 Å². The van der Waals surface area contributed by atoms with Crippen molar-refractivity contribution < 1.29 is 8.42 Å². The van der Waals surface area contributed by atoms with Gasteiger partial charge in [0.25, 0.3) is 0 Å². The van der Waals surface area contributed by atoms with Crippen molar-refractivity contribution in [1.29, 1.82) is 0 Å². The minimum Gasteiger partial charge on any atom is -0.381 e. The van der Waals surface area contributed by atoms with Crippen molar-refractivity contribution in [2.75, 3.05) is 11.6 Å². The second-order valence-corrected chi connectivity index (χ2v) is 7.36. The Kier molecular flexibility index (Phi) is 4.09. The first-order chi connectivity index (χ1) is 9.70. The van der Waals surface area contributed by atoms with E-state index >= 15 is 0 Å². The number of sulfone groups is 1. The quantitative estimate of drug-likeness (QED) is 0.942. The van der Waals surface area contributed by atoms with Crippen LogP contribution in [0.5, 0.6) is 0 Å². The molecule has 0 spiro atoms. The van der Waals surface area contributed by atoms with Crippen molar-refractivity contribution in [3.8, 4) is 0 Å². The Labute approximate surface area is 125 Å². The van der Waals surface area contributed by atoms with Crippen molar-refractivity contribution in [3.05, 3.63) is 40.7 Å². The van der Waals surface area contributed by atoms with Gasteiger partial charge in [0.1, 0.15) is 0 Å². The predicted octanol–water partition coefficient (Wildman–Crippen LogP) is 2.36. The minimum absolute atomic E-state index is 0.368. The molecule has 0 aliphatic heterocycles. The summed E-state index contributed by atoms with van der Waals surface area (Å²) in [5, 5.41) is 7.65. The molecule has 21 heavy (non-hydrogen) atoms. The Morgan fingerprint density at radius 3 is 2.43 bits per heavy atom. The third-order valence-electron chi connectivity index (χ3n) is 3.72. The SMILES string of the molecule is Cc1ccc(NCc2c(C)nn(C)c2C)cc1S(C)(=O)=O. The topological polar surface area (TPSA) is 64.0 Å². The predicted molar refractivity (Wildman–Crippen MR) is 84.3 cm³/mol. The summed E-state index contributed by atoms with van der Waals surface area (Å²) in [7, 11) is -1.29. The van der Waals surface area contributed by atoms with Crippen LogP contribution in [0.3, 0.4) is 0 Å². The lowest BCUT2D eigenvalue weighted by Gasteiger charge is -2.10. The lowest BCUT2D eigenvalue weighted by atomic mass is 10.2. The largest absolute Gasteiger partial charge is 0.381 e. The first-order valence-electron chi connectivity index (χ1n) is 6.74. The molecule has 0 aliphatic carbocycles. The molecule has 0 unspecified atom stereocenters. The number of benzene rings is 1. The average molecular weight is 307 g/mol. The van der Waals surface area contributed by atoms with Gasteiger partial charge in [-0.15, -0.1) is 0 Å². The van der Waals surface area contributed by atoms with Gasteiger partial charge in [-0.2, -0.15) is 5.10 Å². The number of nitrogens with zero attached hydrogens (tertiary/aromatic N) is 2. The van der Waals surface area contributed by atoms with Crippen LogP contribution in [0, 0.1) is 20.8 Å². The molecule has 1 aromatic carbocycles. The van der Waals surface area contributed by atoms with E-state index in [4.69, 9.17) is 0 Å². The fourth-order valence-corrected chi connectivity index (χ4v) is 3.37. The van der Waals surface area contributed by atoms with E-state index < -0.39 is 9.84 Å².